The van der Waals surface area contributed by atoms with Gasteiger partial charge in [0.1, 0.15) is 24.2 Å². The van der Waals surface area contributed by atoms with E-state index in [-0.39, 0.29) is 42.8 Å². The summed E-state index contributed by atoms with van der Waals surface area (Å²) < 4.78 is 10.7. The zero-order valence-corrected chi connectivity index (χ0v) is 32.5. The number of phenols is 1. The third-order valence-corrected chi connectivity index (χ3v) is 10.8. The van der Waals surface area contributed by atoms with Gasteiger partial charge in [-0.3, -0.25) is 14.4 Å². The van der Waals surface area contributed by atoms with Crippen molar-refractivity contribution in [3.05, 3.63) is 87.5 Å². The number of benzene rings is 3. The molecule has 5 atom stereocenters. The lowest BCUT2D eigenvalue weighted by Crippen LogP contribution is -2.67. The molecule has 288 valence electrons. The van der Waals surface area contributed by atoms with Gasteiger partial charge in [-0.05, 0) is 60.1 Å². The van der Waals surface area contributed by atoms with Crippen LogP contribution in [0.4, 0.5) is 10.5 Å². The molecule has 0 bridgehead atoms. The molecular formula is C40H47Cl2N5O7. The number of anilines is 1. The van der Waals surface area contributed by atoms with E-state index in [0.29, 0.717) is 45.9 Å². The third kappa shape index (κ3) is 9.05. The predicted molar refractivity (Wildman–Crippen MR) is 209 cm³/mol. The maximum absolute atomic E-state index is 14.8. The van der Waals surface area contributed by atoms with E-state index in [2.05, 4.69) is 26.3 Å². The summed E-state index contributed by atoms with van der Waals surface area (Å²) in [7, 11) is 1.40. The van der Waals surface area contributed by atoms with Crippen LogP contribution in [0.2, 0.25) is 10.0 Å². The van der Waals surface area contributed by atoms with E-state index in [1.807, 2.05) is 58.0 Å². The van der Waals surface area contributed by atoms with Gasteiger partial charge in [0.2, 0.25) is 17.7 Å². The SMILES string of the molecule is CCC(C)[C@H](NC(=O)OCc1ccccc1)C(=O)N[C@]1(C(=O)N[C@H](C(=O)Nc2ccc(O)c(OC)c2)C(C)CC)CCc2[nH]c3c(Cl)cc(Cl)cc3c2C1. The Kier molecular flexibility index (Phi) is 13.0. The van der Waals surface area contributed by atoms with Crippen LogP contribution in [0.5, 0.6) is 11.5 Å². The summed E-state index contributed by atoms with van der Waals surface area (Å²) in [6, 6.07) is 14.9. The van der Waals surface area contributed by atoms with Gasteiger partial charge in [0.15, 0.2) is 11.5 Å². The number of halogens is 2. The van der Waals surface area contributed by atoms with E-state index >= 15 is 0 Å². The first-order valence-electron chi connectivity index (χ1n) is 18.1. The highest BCUT2D eigenvalue weighted by atomic mass is 35.5. The van der Waals surface area contributed by atoms with Crippen LogP contribution >= 0.6 is 23.2 Å². The summed E-state index contributed by atoms with van der Waals surface area (Å²) in [5.41, 5.74) is 1.86. The summed E-state index contributed by atoms with van der Waals surface area (Å²) >= 11 is 13.0. The molecule has 54 heavy (non-hydrogen) atoms. The van der Waals surface area contributed by atoms with Crippen LogP contribution in [-0.4, -0.2) is 58.6 Å². The Labute approximate surface area is 324 Å². The normalized spacial score (nSPS) is 17.3. The van der Waals surface area contributed by atoms with Gasteiger partial charge in [-0.15, -0.1) is 0 Å². The van der Waals surface area contributed by atoms with Crippen LogP contribution in [0.3, 0.4) is 0 Å². The van der Waals surface area contributed by atoms with Gasteiger partial charge in [-0.25, -0.2) is 4.79 Å². The average Bonchev–Trinajstić information content (AvgIpc) is 3.53. The predicted octanol–water partition coefficient (Wildman–Crippen LogP) is 7.04. The standard InChI is InChI=1S/C40H47Cl2N5O7/c1-6-22(3)33(36(49)43-26-13-14-31(48)32(19-26)53-5)45-38(51)40(16-15-30-28(20-40)27-17-25(41)18-29(42)35(27)44-30)47-37(50)34(23(4)7-2)46-39(52)54-21-24-11-9-8-10-12-24/h8-14,17-19,22-23,33-34,44,48H,6-7,15-16,20-21H2,1-5H3,(H,43,49)(H,45,51)(H,46,52)(H,47,50)/t22?,23?,33-,34-,40+/m0/s1. The Balaban J connectivity index is 1.47. The highest BCUT2D eigenvalue weighted by Crippen LogP contribution is 2.38. The van der Waals surface area contributed by atoms with E-state index < -0.39 is 41.4 Å². The Morgan fingerprint density at radius 3 is 2.28 bits per heavy atom. The lowest BCUT2D eigenvalue weighted by Gasteiger charge is -2.39. The molecule has 0 saturated carbocycles. The molecule has 0 spiro atoms. The average molecular weight is 781 g/mol. The number of aromatic nitrogens is 1. The second-order valence-corrected chi connectivity index (χ2v) is 14.8. The largest absolute Gasteiger partial charge is 0.504 e. The van der Waals surface area contributed by atoms with Crippen molar-refractivity contribution in [2.75, 3.05) is 12.4 Å². The fourth-order valence-electron chi connectivity index (χ4n) is 6.69. The highest BCUT2D eigenvalue weighted by Gasteiger charge is 2.47. The topological polar surface area (TPSA) is 171 Å². The van der Waals surface area contributed by atoms with E-state index in [4.69, 9.17) is 32.7 Å². The summed E-state index contributed by atoms with van der Waals surface area (Å²) in [5, 5.41) is 23.2. The molecule has 2 unspecified atom stereocenters. The molecule has 14 heteroatoms. The number of alkyl carbamates (subject to hydrolysis) is 1. The van der Waals surface area contributed by atoms with Crippen molar-refractivity contribution in [2.45, 2.75) is 84.0 Å². The Bertz CT molecular complexity index is 2010. The molecule has 1 aromatic heterocycles. The number of fused-ring (bicyclic) bond motifs is 3. The van der Waals surface area contributed by atoms with E-state index in [1.165, 1.54) is 25.3 Å². The van der Waals surface area contributed by atoms with Crippen LogP contribution in [0.25, 0.3) is 10.9 Å². The van der Waals surface area contributed by atoms with Crippen molar-refractivity contribution in [1.29, 1.82) is 0 Å². The van der Waals surface area contributed by atoms with Crippen LogP contribution in [0.15, 0.2) is 60.7 Å². The number of aromatic amines is 1. The van der Waals surface area contributed by atoms with Crippen molar-refractivity contribution in [3.63, 3.8) is 0 Å². The number of hydrogen-bond acceptors (Lipinski definition) is 7. The van der Waals surface area contributed by atoms with E-state index in [1.54, 1.807) is 12.1 Å². The number of rotatable bonds is 14. The fraction of sp³-hybridized carbons (Fsp3) is 0.400. The molecule has 0 aliphatic heterocycles. The number of phenolic OH excluding ortho intramolecular Hbond substituents is 1. The third-order valence-electron chi connectivity index (χ3n) is 10.3. The van der Waals surface area contributed by atoms with Gasteiger partial charge in [0, 0.05) is 34.3 Å². The quantitative estimate of drug-likeness (QED) is 0.0746. The Hall–Kier alpha value is -4.94. The molecule has 6 N–H and O–H groups in total. The molecule has 4 amide bonds. The molecule has 1 aliphatic carbocycles. The van der Waals surface area contributed by atoms with E-state index in [9.17, 15) is 24.3 Å². The molecule has 12 nitrogen and oxygen atoms in total. The second kappa shape index (κ2) is 17.5. The number of hydrogen-bond donors (Lipinski definition) is 6. The van der Waals surface area contributed by atoms with Crippen molar-refractivity contribution < 1.29 is 33.8 Å². The van der Waals surface area contributed by atoms with Crippen molar-refractivity contribution >= 4 is 63.6 Å². The number of ether oxygens (including phenoxy) is 2. The smallest absolute Gasteiger partial charge is 0.408 e. The Morgan fingerprint density at radius 2 is 1.61 bits per heavy atom. The molecule has 4 aromatic rings. The molecule has 3 aromatic carbocycles. The summed E-state index contributed by atoms with van der Waals surface area (Å²) in [4.78, 5) is 59.4. The molecule has 5 rings (SSSR count). The molecule has 0 fully saturated rings. The molecule has 1 heterocycles. The zero-order chi connectivity index (χ0) is 39.2. The molecule has 0 radical (unpaired) electrons. The lowest BCUT2D eigenvalue weighted by molar-refractivity contribution is -0.137. The number of methoxy groups -OCH3 is 1. The molecule has 0 saturated heterocycles. The zero-order valence-electron chi connectivity index (χ0n) is 31.0. The van der Waals surface area contributed by atoms with Crippen LogP contribution < -0.4 is 26.0 Å². The van der Waals surface area contributed by atoms with Crippen LogP contribution in [-0.2, 0) is 38.6 Å². The van der Waals surface area contributed by atoms with Gasteiger partial charge in [0.25, 0.3) is 0 Å². The summed E-state index contributed by atoms with van der Waals surface area (Å²) in [6.07, 6.45) is 0.893. The number of carbonyl (C=O) groups is 4. The first-order chi connectivity index (χ1) is 25.8. The van der Waals surface area contributed by atoms with Gasteiger partial charge in [-0.2, -0.15) is 0 Å². The first-order valence-corrected chi connectivity index (χ1v) is 18.8. The van der Waals surface area contributed by atoms with Gasteiger partial charge < -0.3 is 40.8 Å². The molecular weight excluding hydrogens is 733 g/mol. The number of carbonyl (C=O) groups excluding carboxylic acids is 4. The van der Waals surface area contributed by atoms with E-state index in [0.717, 1.165) is 16.8 Å². The number of aromatic hydroxyl groups is 1. The van der Waals surface area contributed by atoms with Crippen LogP contribution in [0.1, 0.15) is 63.8 Å². The Morgan fingerprint density at radius 1 is 0.926 bits per heavy atom. The minimum absolute atomic E-state index is 0.0122. The lowest BCUT2D eigenvalue weighted by atomic mass is 9.78. The monoisotopic (exact) mass is 779 g/mol. The maximum Gasteiger partial charge on any atom is 0.408 e. The number of nitrogens with one attached hydrogen (secondary N) is 5. The van der Waals surface area contributed by atoms with Crippen molar-refractivity contribution in [1.82, 2.24) is 20.9 Å². The number of H-pyrrole nitrogens is 1. The minimum Gasteiger partial charge on any atom is -0.504 e. The number of aryl methyl sites for hydroxylation is 1. The minimum atomic E-state index is -1.55. The van der Waals surface area contributed by atoms with Gasteiger partial charge in [0.05, 0.1) is 17.6 Å². The highest BCUT2D eigenvalue weighted by molar-refractivity contribution is 6.38. The second-order valence-electron chi connectivity index (χ2n) is 13.9. The van der Waals surface area contributed by atoms with Crippen LogP contribution in [0, 0.1) is 11.8 Å². The van der Waals surface area contributed by atoms with Crippen molar-refractivity contribution in [3.8, 4) is 11.5 Å². The fourth-order valence-corrected chi connectivity index (χ4v) is 7.23. The van der Waals surface area contributed by atoms with Gasteiger partial charge >= 0.3 is 6.09 Å². The summed E-state index contributed by atoms with van der Waals surface area (Å²) in [6.45, 7) is 7.50. The maximum atomic E-state index is 14.8. The first kappa shape index (κ1) is 40.2. The number of amides is 4. The summed E-state index contributed by atoms with van der Waals surface area (Å²) in [5.74, 6) is -2.21. The van der Waals surface area contributed by atoms with Crippen molar-refractivity contribution in [2.24, 2.45) is 11.8 Å². The van der Waals surface area contributed by atoms with Gasteiger partial charge in [-0.1, -0.05) is 94.1 Å². The molecule has 1 aliphatic rings.